The van der Waals surface area contributed by atoms with Crippen molar-refractivity contribution in [2.24, 2.45) is 0 Å². The number of aryl methyl sites for hydroxylation is 1. The SMILES string of the molecule is COc1cc2c(cc1OC)[C@H](COc1ccc3c(C)cc(=O)oc3c1)N(C(=O)/C=C/c1ccc3c(c1)OCO3)CC2. The molecule has 0 fully saturated rings. The fourth-order valence-corrected chi connectivity index (χ4v) is 5.32. The third-order valence-corrected chi connectivity index (χ3v) is 7.43. The molecule has 1 aromatic heterocycles. The van der Waals surface area contributed by atoms with Crippen molar-refractivity contribution in [2.75, 3.05) is 34.2 Å². The molecule has 6 rings (SSSR count). The summed E-state index contributed by atoms with van der Waals surface area (Å²) in [7, 11) is 3.19. The molecule has 4 aromatic rings. The van der Waals surface area contributed by atoms with Gasteiger partial charge in [0.15, 0.2) is 23.0 Å². The largest absolute Gasteiger partial charge is 0.493 e. The zero-order valence-corrected chi connectivity index (χ0v) is 23.0. The molecule has 0 unspecified atom stereocenters. The Morgan fingerprint density at radius 1 is 1.00 bits per heavy atom. The fraction of sp³-hybridized carbons (Fsp3) is 0.250. The molecule has 1 amide bonds. The summed E-state index contributed by atoms with van der Waals surface area (Å²) in [6.45, 7) is 2.72. The van der Waals surface area contributed by atoms with Gasteiger partial charge in [-0.1, -0.05) is 6.07 Å². The molecule has 41 heavy (non-hydrogen) atoms. The molecule has 0 saturated heterocycles. The molecule has 1 atom stereocenters. The van der Waals surface area contributed by atoms with Crippen LogP contribution in [-0.4, -0.2) is 45.0 Å². The minimum Gasteiger partial charge on any atom is -0.493 e. The number of rotatable bonds is 7. The maximum atomic E-state index is 13.6. The van der Waals surface area contributed by atoms with Gasteiger partial charge in [0.2, 0.25) is 12.7 Å². The average molecular weight is 556 g/mol. The van der Waals surface area contributed by atoms with Gasteiger partial charge in [0.05, 0.1) is 20.3 Å². The van der Waals surface area contributed by atoms with E-state index in [1.54, 1.807) is 37.3 Å². The van der Waals surface area contributed by atoms with Crippen LogP contribution in [0.3, 0.4) is 0 Å². The summed E-state index contributed by atoms with van der Waals surface area (Å²) in [6.07, 6.45) is 3.97. The molecular weight excluding hydrogens is 526 g/mol. The van der Waals surface area contributed by atoms with Gasteiger partial charge in [0, 0.05) is 30.1 Å². The monoisotopic (exact) mass is 555 g/mol. The first-order valence-corrected chi connectivity index (χ1v) is 13.2. The molecule has 2 aliphatic heterocycles. The maximum absolute atomic E-state index is 13.6. The van der Waals surface area contributed by atoms with E-state index in [1.807, 2.05) is 49.4 Å². The number of carbonyl (C=O) groups excluding carboxylic acids is 1. The number of hydrogen-bond donors (Lipinski definition) is 0. The zero-order chi connectivity index (χ0) is 28.5. The average Bonchev–Trinajstić information content (AvgIpc) is 3.45. The summed E-state index contributed by atoms with van der Waals surface area (Å²) in [4.78, 5) is 27.3. The molecule has 0 N–H and O–H groups in total. The van der Waals surface area contributed by atoms with E-state index in [-0.39, 0.29) is 19.3 Å². The lowest BCUT2D eigenvalue weighted by Gasteiger charge is -2.37. The Labute approximate surface area is 236 Å². The van der Waals surface area contributed by atoms with Crippen LogP contribution in [0.25, 0.3) is 17.0 Å². The van der Waals surface area contributed by atoms with Crippen LogP contribution in [-0.2, 0) is 11.2 Å². The van der Waals surface area contributed by atoms with Gasteiger partial charge in [-0.2, -0.15) is 0 Å². The molecule has 3 heterocycles. The molecule has 0 aliphatic carbocycles. The van der Waals surface area contributed by atoms with Crippen molar-refractivity contribution in [1.82, 2.24) is 4.90 Å². The van der Waals surface area contributed by atoms with Crippen molar-refractivity contribution < 1.29 is 32.9 Å². The Morgan fingerprint density at radius 2 is 1.80 bits per heavy atom. The fourth-order valence-electron chi connectivity index (χ4n) is 5.32. The second kappa shape index (κ2) is 10.9. The smallest absolute Gasteiger partial charge is 0.336 e. The summed E-state index contributed by atoms with van der Waals surface area (Å²) in [5.74, 6) is 2.92. The highest BCUT2D eigenvalue weighted by atomic mass is 16.7. The number of fused-ring (bicyclic) bond motifs is 3. The second-order valence-corrected chi connectivity index (χ2v) is 9.87. The van der Waals surface area contributed by atoms with Crippen molar-refractivity contribution in [1.29, 1.82) is 0 Å². The molecule has 9 nitrogen and oxygen atoms in total. The number of amides is 1. The Balaban J connectivity index is 1.30. The van der Waals surface area contributed by atoms with E-state index < -0.39 is 11.7 Å². The van der Waals surface area contributed by atoms with Gasteiger partial charge in [-0.25, -0.2) is 4.79 Å². The van der Waals surface area contributed by atoms with Crippen LogP contribution in [0.15, 0.2) is 69.9 Å². The van der Waals surface area contributed by atoms with Crippen molar-refractivity contribution >= 4 is 23.0 Å². The molecule has 3 aromatic carbocycles. The van der Waals surface area contributed by atoms with Crippen LogP contribution >= 0.6 is 0 Å². The lowest BCUT2D eigenvalue weighted by Crippen LogP contribution is -2.41. The van der Waals surface area contributed by atoms with Crippen molar-refractivity contribution in [3.8, 4) is 28.7 Å². The normalized spacial score (nSPS) is 15.7. The number of methoxy groups -OCH3 is 2. The molecule has 0 saturated carbocycles. The highest BCUT2D eigenvalue weighted by Crippen LogP contribution is 2.39. The molecule has 0 spiro atoms. The minimum absolute atomic E-state index is 0.156. The predicted octanol–water partition coefficient (Wildman–Crippen LogP) is 5.07. The topological polar surface area (TPSA) is 96.7 Å². The molecular formula is C32H29NO8. The van der Waals surface area contributed by atoms with E-state index in [4.69, 9.17) is 28.1 Å². The van der Waals surface area contributed by atoms with Crippen molar-refractivity contribution in [3.63, 3.8) is 0 Å². The Kier molecular flexibility index (Phi) is 7.01. The van der Waals surface area contributed by atoms with Crippen LogP contribution in [0, 0.1) is 6.92 Å². The van der Waals surface area contributed by atoms with Gasteiger partial charge in [0.1, 0.15) is 17.9 Å². The Bertz CT molecular complexity index is 1720. The van der Waals surface area contributed by atoms with E-state index in [0.29, 0.717) is 47.3 Å². The summed E-state index contributed by atoms with van der Waals surface area (Å²) < 4.78 is 33.6. The third-order valence-electron chi connectivity index (χ3n) is 7.43. The number of carbonyl (C=O) groups is 1. The Morgan fingerprint density at radius 3 is 2.63 bits per heavy atom. The third kappa shape index (κ3) is 5.18. The zero-order valence-electron chi connectivity index (χ0n) is 23.0. The van der Waals surface area contributed by atoms with Gasteiger partial charge >= 0.3 is 5.63 Å². The van der Waals surface area contributed by atoms with Gasteiger partial charge < -0.3 is 33.0 Å². The van der Waals surface area contributed by atoms with E-state index >= 15 is 0 Å². The van der Waals surface area contributed by atoms with Crippen LogP contribution in [0.4, 0.5) is 0 Å². The van der Waals surface area contributed by atoms with E-state index in [2.05, 4.69) is 0 Å². The van der Waals surface area contributed by atoms with E-state index in [9.17, 15) is 9.59 Å². The maximum Gasteiger partial charge on any atom is 0.336 e. The summed E-state index contributed by atoms with van der Waals surface area (Å²) in [5.41, 5.74) is 3.66. The molecule has 0 radical (unpaired) electrons. The highest BCUT2D eigenvalue weighted by molar-refractivity contribution is 5.92. The summed E-state index contributed by atoms with van der Waals surface area (Å²) in [5, 5.41) is 0.835. The van der Waals surface area contributed by atoms with Crippen LogP contribution in [0.2, 0.25) is 0 Å². The predicted molar refractivity (Wildman–Crippen MR) is 152 cm³/mol. The number of hydrogen-bond acceptors (Lipinski definition) is 8. The Hall–Kier alpha value is -4.92. The quantitative estimate of drug-likeness (QED) is 0.231. The van der Waals surface area contributed by atoms with Crippen LogP contribution < -0.4 is 29.3 Å². The molecule has 210 valence electrons. The first kappa shape index (κ1) is 26.3. The number of benzene rings is 3. The van der Waals surface area contributed by atoms with Crippen LogP contribution in [0.5, 0.6) is 28.7 Å². The first-order chi connectivity index (χ1) is 19.9. The molecule has 2 aliphatic rings. The van der Waals surface area contributed by atoms with E-state index in [1.165, 1.54) is 6.07 Å². The van der Waals surface area contributed by atoms with Gasteiger partial charge in [-0.15, -0.1) is 0 Å². The van der Waals surface area contributed by atoms with Crippen LogP contribution in [0.1, 0.15) is 28.3 Å². The first-order valence-electron chi connectivity index (χ1n) is 13.2. The van der Waals surface area contributed by atoms with Gasteiger partial charge in [-0.05, 0) is 78.1 Å². The van der Waals surface area contributed by atoms with Gasteiger partial charge in [-0.3, -0.25) is 4.79 Å². The van der Waals surface area contributed by atoms with Crippen molar-refractivity contribution in [2.45, 2.75) is 19.4 Å². The van der Waals surface area contributed by atoms with E-state index in [0.717, 1.165) is 27.6 Å². The lowest BCUT2D eigenvalue weighted by atomic mass is 9.92. The minimum atomic E-state index is -0.416. The summed E-state index contributed by atoms with van der Waals surface area (Å²) >= 11 is 0. The molecule has 0 bridgehead atoms. The number of ether oxygens (including phenoxy) is 5. The van der Waals surface area contributed by atoms with Gasteiger partial charge in [0.25, 0.3) is 0 Å². The number of nitrogens with zero attached hydrogens (tertiary/aromatic N) is 1. The standard InChI is InChI=1S/C32H29NO8/c1-19-12-32(35)41-27-15-22(6-7-23(19)27)38-17-25-24-16-29(37-3)28(36-2)14-21(24)10-11-33(25)31(34)9-5-20-4-8-26-30(13-20)40-18-39-26/h4-9,12-16,25H,10-11,17-18H2,1-3H3/b9-5+/t25-/m0/s1. The second-order valence-electron chi connectivity index (χ2n) is 9.87. The molecule has 9 heteroatoms. The summed E-state index contributed by atoms with van der Waals surface area (Å²) in [6, 6.07) is 15.9. The highest BCUT2D eigenvalue weighted by Gasteiger charge is 2.32. The van der Waals surface area contributed by atoms with Crippen molar-refractivity contribution in [3.05, 3.63) is 93.3 Å². The lowest BCUT2D eigenvalue weighted by molar-refractivity contribution is -0.129.